The molecule has 2 atom stereocenters. The number of nitrogens with zero attached hydrogens (tertiary/aromatic N) is 1. The van der Waals surface area contributed by atoms with E-state index in [1.54, 1.807) is 7.11 Å². The molecule has 2 aliphatic rings. The van der Waals surface area contributed by atoms with Crippen molar-refractivity contribution >= 4 is 11.8 Å². The summed E-state index contributed by atoms with van der Waals surface area (Å²) in [7, 11) is 1.66. The molecule has 0 aromatic heterocycles. The van der Waals surface area contributed by atoms with Crippen molar-refractivity contribution in [1.29, 1.82) is 0 Å². The van der Waals surface area contributed by atoms with E-state index in [9.17, 15) is 9.59 Å². The Balaban J connectivity index is 2.06. The van der Waals surface area contributed by atoms with Gasteiger partial charge in [0.05, 0.1) is 0 Å². The second-order valence-electron chi connectivity index (χ2n) is 6.35. The lowest BCUT2D eigenvalue weighted by Crippen LogP contribution is -2.64. The Labute approximate surface area is 121 Å². The number of piperazine rings is 1. The summed E-state index contributed by atoms with van der Waals surface area (Å²) in [6.45, 7) is 5.39. The Hall–Kier alpha value is -1.10. The minimum absolute atomic E-state index is 0.0372. The average molecular weight is 282 g/mol. The molecule has 2 fully saturated rings. The summed E-state index contributed by atoms with van der Waals surface area (Å²) in [5.41, 5.74) is 0. The van der Waals surface area contributed by atoms with E-state index < -0.39 is 0 Å². The van der Waals surface area contributed by atoms with Gasteiger partial charge in [0.15, 0.2) is 0 Å². The molecule has 1 heterocycles. The first kappa shape index (κ1) is 15.3. The predicted molar refractivity (Wildman–Crippen MR) is 76.1 cm³/mol. The van der Waals surface area contributed by atoms with Gasteiger partial charge in [-0.1, -0.05) is 13.8 Å². The van der Waals surface area contributed by atoms with E-state index >= 15 is 0 Å². The van der Waals surface area contributed by atoms with Gasteiger partial charge < -0.3 is 15.0 Å². The lowest BCUT2D eigenvalue weighted by atomic mass is 9.96. The lowest BCUT2D eigenvalue weighted by Gasteiger charge is -2.39. The molecule has 1 N–H and O–H groups in total. The quantitative estimate of drug-likeness (QED) is 0.713. The highest BCUT2D eigenvalue weighted by Gasteiger charge is 2.47. The molecular formula is C15H26N2O3. The van der Waals surface area contributed by atoms with E-state index in [1.807, 2.05) is 4.90 Å². The lowest BCUT2D eigenvalue weighted by molar-refractivity contribution is -0.150. The number of carbonyl (C=O) groups excluding carboxylic acids is 2. The molecule has 2 amide bonds. The minimum atomic E-state index is -0.347. The van der Waals surface area contributed by atoms with Crippen LogP contribution in [-0.2, 0) is 14.3 Å². The van der Waals surface area contributed by atoms with Gasteiger partial charge in [0.1, 0.15) is 12.1 Å². The summed E-state index contributed by atoms with van der Waals surface area (Å²) >= 11 is 0. The van der Waals surface area contributed by atoms with Crippen LogP contribution in [0.2, 0.25) is 0 Å². The Bertz CT molecular complexity index is 366. The summed E-state index contributed by atoms with van der Waals surface area (Å²) in [5, 5.41) is 2.93. The highest BCUT2D eigenvalue weighted by atomic mass is 16.5. The van der Waals surface area contributed by atoms with Gasteiger partial charge in [-0.25, -0.2) is 0 Å². The van der Waals surface area contributed by atoms with Gasteiger partial charge in [0, 0.05) is 20.3 Å². The van der Waals surface area contributed by atoms with Crippen LogP contribution in [-0.4, -0.2) is 49.1 Å². The Morgan fingerprint density at radius 1 is 1.35 bits per heavy atom. The van der Waals surface area contributed by atoms with Gasteiger partial charge in [0.2, 0.25) is 11.8 Å². The second-order valence-corrected chi connectivity index (χ2v) is 6.35. The number of amides is 2. The molecule has 1 saturated carbocycles. The zero-order valence-electron chi connectivity index (χ0n) is 12.7. The molecule has 2 rings (SSSR count). The molecule has 1 saturated heterocycles. The molecular weight excluding hydrogens is 256 g/mol. The van der Waals surface area contributed by atoms with Crippen LogP contribution < -0.4 is 5.32 Å². The largest absolute Gasteiger partial charge is 0.385 e. The van der Waals surface area contributed by atoms with Gasteiger partial charge in [-0.3, -0.25) is 9.59 Å². The molecule has 114 valence electrons. The van der Waals surface area contributed by atoms with Crippen LogP contribution in [0.1, 0.15) is 39.5 Å². The van der Waals surface area contributed by atoms with Gasteiger partial charge in [0.25, 0.3) is 0 Å². The second kappa shape index (κ2) is 6.57. The maximum atomic E-state index is 12.6. The monoisotopic (exact) mass is 282 g/mol. The third-order valence-corrected chi connectivity index (χ3v) is 4.03. The number of methoxy groups -OCH3 is 1. The minimum Gasteiger partial charge on any atom is -0.385 e. The van der Waals surface area contributed by atoms with Gasteiger partial charge in [-0.05, 0) is 37.5 Å². The van der Waals surface area contributed by atoms with Crippen molar-refractivity contribution in [3.63, 3.8) is 0 Å². The van der Waals surface area contributed by atoms with E-state index in [4.69, 9.17) is 4.74 Å². The number of carbonyl (C=O) groups is 2. The highest BCUT2D eigenvalue weighted by Crippen LogP contribution is 2.37. The van der Waals surface area contributed by atoms with E-state index in [0.29, 0.717) is 31.4 Å². The fourth-order valence-electron chi connectivity index (χ4n) is 2.94. The summed E-state index contributed by atoms with van der Waals surface area (Å²) < 4.78 is 5.06. The van der Waals surface area contributed by atoms with Crippen molar-refractivity contribution in [2.75, 3.05) is 20.3 Å². The van der Waals surface area contributed by atoms with Crippen molar-refractivity contribution in [1.82, 2.24) is 10.2 Å². The Kier molecular flexibility index (Phi) is 5.02. The van der Waals surface area contributed by atoms with Crippen molar-refractivity contribution < 1.29 is 14.3 Å². The van der Waals surface area contributed by atoms with E-state index in [0.717, 1.165) is 19.3 Å². The van der Waals surface area contributed by atoms with E-state index in [2.05, 4.69) is 19.2 Å². The summed E-state index contributed by atoms with van der Waals surface area (Å²) in [6, 6.07) is -0.595. The third-order valence-electron chi connectivity index (χ3n) is 4.03. The van der Waals surface area contributed by atoms with Crippen LogP contribution in [0.3, 0.4) is 0 Å². The van der Waals surface area contributed by atoms with Crippen LogP contribution in [0.5, 0.6) is 0 Å². The van der Waals surface area contributed by atoms with Crippen molar-refractivity contribution in [3.05, 3.63) is 0 Å². The van der Waals surface area contributed by atoms with Gasteiger partial charge >= 0.3 is 0 Å². The molecule has 0 spiro atoms. The number of hydrogen-bond acceptors (Lipinski definition) is 3. The summed E-state index contributed by atoms with van der Waals surface area (Å²) in [4.78, 5) is 26.7. The molecule has 0 bridgehead atoms. The van der Waals surface area contributed by atoms with E-state index in [1.165, 1.54) is 0 Å². The Morgan fingerprint density at radius 3 is 2.60 bits per heavy atom. The number of nitrogens with one attached hydrogen (secondary N) is 1. The standard InChI is InChI=1S/C15H26N2O3/c1-10(2)9-12-15(19)17(7-4-8-20-3)13(11-5-6-11)14(18)16-12/h10-13H,4-9H2,1-3H3,(H,16,18). The normalized spacial score (nSPS) is 27.1. The van der Waals surface area contributed by atoms with Crippen LogP contribution in [0, 0.1) is 11.8 Å². The molecule has 1 aliphatic heterocycles. The maximum Gasteiger partial charge on any atom is 0.245 e. The summed E-state index contributed by atoms with van der Waals surface area (Å²) in [6.07, 6.45) is 3.61. The highest BCUT2D eigenvalue weighted by molar-refractivity contribution is 5.97. The van der Waals surface area contributed by atoms with Gasteiger partial charge in [-0.15, -0.1) is 0 Å². The molecule has 0 radical (unpaired) electrons. The van der Waals surface area contributed by atoms with E-state index in [-0.39, 0.29) is 23.9 Å². The van der Waals surface area contributed by atoms with Crippen molar-refractivity contribution in [3.8, 4) is 0 Å². The van der Waals surface area contributed by atoms with Crippen LogP contribution in [0.15, 0.2) is 0 Å². The fourth-order valence-corrected chi connectivity index (χ4v) is 2.94. The predicted octanol–water partition coefficient (Wildman–Crippen LogP) is 1.17. The zero-order valence-corrected chi connectivity index (χ0v) is 12.7. The van der Waals surface area contributed by atoms with Crippen LogP contribution >= 0.6 is 0 Å². The smallest absolute Gasteiger partial charge is 0.245 e. The molecule has 5 nitrogen and oxygen atoms in total. The number of rotatable bonds is 7. The van der Waals surface area contributed by atoms with Crippen LogP contribution in [0.25, 0.3) is 0 Å². The first-order valence-corrected chi connectivity index (χ1v) is 7.64. The molecule has 20 heavy (non-hydrogen) atoms. The van der Waals surface area contributed by atoms with Crippen molar-refractivity contribution in [2.24, 2.45) is 11.8 Å². The first-order valence-electron chi connectivity index (χ1n) is 7.64. The maximum absolute atomic E-state index is 12.6. The number of ether oxygens (including phenoxy) is 1. The third kappa shape index (κ3) is 3.51. The molecule has 1 aliphatic carbocycles. The van der Waals surface area contributed by atoms with Gasteiger partial charge in [-0.2, -0.15) is 0 Å². The van der Waals surface area contributed by atoms with Crippen LogP contribution in [0.4, 0.5) is 0 Å². The molecule has 0 aromatic rings. The molecule has 0 aromatic carbocycles. The topological polar surface area (TPSA) is 58.6 Å². The van der Waals surface area contributed by atoms with Crippen molar-refractivity contribution in [2.45, 2.75) is 51.6 Å². The molecule has 5 heteroatoms. The SMILES string of the molecule is COCCCN1C(=O)C(CC(C)C)NC(=O)C1C1CC1. The average Bonchev–Trinajstić information content (AvgIpc) is 3.18. The number of hydrogen-bond donors (Lipinski definition) is 1. The Morgan fingerprint density at radius 2 is 2.05 bits per heavy atom. The fraction of sp³-hybridized carbons (Fsp3) is 0.867. The summed E-state index contributed by atoms with van der Waals surface area (Å²) in [5.74, 6) is 0.880. The molecule has 2 unspecified atom stereocenters. The first-order chi connectivity index (χ1) is 9.54. The zero-order chi connectivity index (χ0) is 14.7.